The number of piperidine rings is 1. The number of nitrogens with one attached hydrogen (secondary N) is 1. The van der Waals surface area contributed by atoms with Crippen LogP contribution in [0.15, 0.2) is 17.1 Å². The summed E-state index contributed by atoms with van der Waals surface area (Å²) in [4.78, 5) is 30.8. The van der Waals surface area contributed by atoms with Crippen molar-refractivity contribution in [3.63, 3.8) is 0 Å². The molecule has 10 heteroatoms. The lowest BCUT2D eigenvalue weighted by atomic mass is 9.89. The number of hydrogen-bond donors (Lipinski definition) is 2. The minimum atomic E-state index is -3.49. The van der Waals surface area contributed by atoms with Crippen LogP contribution in [-0.4, -0.2) is 61.9 Å². The highest BCUT2D eigenvalue weighted by Crippen LogP contribution is 2.34. The molecule has 1 spiro atoms. The predicted molar refractivity (Wildman–Crippen MR) is 146 cm³/mol. The monoisotopic (exact) mass is 531 g/mol. The molecule has 1 aromatic carbocycles. The number of primary amides is 1. The Labute approximate surface area is 220 Å². The van der Waals surface area contributed by atoms with Crippen molar-refractivity contribution in [1.29, 1.82) is 0 Å². The van der Waals surface area contributed by atoms with Crippen LogP contribution in [0.2, 0.25) is 0 Å². The number of anilines is 1. The minimum Gasteiger partial charge on any atom is -0.351 e. The number of nitrogens with zero attached hydrogens (tertiary/aromatic N) is 3. The fraction of sp³-hybridized carbons (Fsp3) is 0.667. The molecular weight excluding hydrogens is 490 g/mol. The van der Waals surface area contributed by atoms with Gasteiger partial charge in [0, 0.05) is 31.7 Å². The van der Waals surface area contributed by atoms with Crippen LogP contribution in [0.4, 0.5) is 10.5 Å². The van der Waals surface area contributed by atoms with E-state index >= 15 is 0 Å². The van der Waals surface area contributed by atoms with Crippen molar-refractivity contribution in [2.24, 2.45) is 16.6 Å². The van der Waals surface area contributed by atoms with E-state index in [0.29, 0.717) is 44.0 Å². The minimum absolute atomic E-state index is 0.00449. The second-order valence-electron chi connectivity index (χ2n) is 10.9. The van der Waals surface area contributed by atoms with E-state index in [4.69, 9.17) is 10.7 Å². The Morgan fingerprint density at radius 3 is 2.24 bits per heavy atom. The van der Waals surface area contributed by atoms with Crippen LogP contribution in [0.3, 0.4) is 0 Å². The molecule has 1 saturated carbocycles. The molecule has 2 fully saturated rings. The Hall–Kier alpha value is -2.46. The number of nitrogens with two attached hydrogens (primary N) is 1. The lowest BCUT2D eigenvalue weighted by Gasteiger charge is -2.34. The van der Waals surface area contributed by atoms with E-state index in [1.165, 1.54) is 41.3 Å². The van der Waals surface area contributed by atoms with Crippen molar-refractivity contribution in [2.45, 2.75) is 83.6 Å². The summed E-state index contributed by atoms with van der Waals surface area (Å²) in [6, 6.07) is 3.16. The summed E-state index contributed by atoms with van der Waals surface area (Å²) in [6.07, 6.45) is 9.45. The van der Waals surface area contributed by atoms with Crippen LogP contribution in [0, 0.1) is 19.8 Å². The molecule has 0 unspecified atom stereocenters. The molecule has 37 heavy (non-hydrogen) atoms. The Kier molecular flexibility index (Phi) is 8.28. The third-order valence-electron chi connectivity index (χ3n) is 8.44. The molecule has 3 aliphatic rings. The van der Waals surface area contributed by atoms with Gasteiger partial charge in [-0.1, -0.05) is 32.1 Å². The molecule has 0 bridgehead atoms. The van der Waals surface area contributed by atoms with Crippen LogP contribution < -0.4 is 16.0 Å². The highest BCUT2D eigenvalue weighted by molar-refractivity contribution is 7.89. The van der Waals surface area contributed by atoms with Crippen molar-refractivity contribution in [3.8, 4) is 0 Å². The van der Waals surface area contributed by atoms with Crippen molar-refractivity contribution < 1.29 is 18.0 Å². The average Bonchev–Trinajstić information content (AvgIpc) is 3.13. The Morgan fingerprint density at radius 1 is 1.11 bits per heavy atom. The number of amidine groups is 1. The van der Waals surface area contributed by atoms with E-state index in [1.54, 1.807) is 7.05 Å². The lowest BCUT2D eigenvalue weighted by molar-refractivity contribution is -0.125. The largest absolute Gasteiger partial charge is 0.351 e. The first-order chi connectivity index (χ1) is 17.5. The fourth-order valence-corrected chi connectivity index (χ4v) is 7.44. The molecule has 3 N–H and O–H groups in total. The summed E-state index contributed by atoms with van der Waals surface area (Å²) in [5.41, 5.74) is 8.06. The van der Waals surface area contributed by atoms with Gasteiger partial charge in [-0.05, 0) is 74.8 Å². The molecule has 4 rings (SSSR count). The summed E-state index contributed by atoms with van der Waals surface area (Å²) in [7, 11) is -1.88. The first kappa shape index (κ1) is 27.6. The quantitative estimate of drug-likeness (QED) is 0.583. The van der Waals surface area contributed by atoms with Crippen molar-refractivity contribution in [3.05, 3.63) is 28.8 Å². The van der Waals surface area contributed by atoms with Crippen molar-refractivity contribution in [1.82, 2.24) is 9.62 Å². The van der Waals surface area contributed by atoms with Gasteiger partial charge in [-0.3, -0.25) is 14.7 Å². The fourth-order valence-electron chi connectivity index (χ4n) is 5.98. The standard InChI is InChI=1S/C27H41N5O4S/c1-19-17-22(31(3)26(28)34)18-20(2)23(19)11-16-37(35,36)32-14-12-27(13-15-32)25(33)29-24(30-27)21-9-7-5-4-6-8-10-21/h17-18,21H,4-16H2,1-3H3,(H2,28,34)(H,29,30,33). The van der Waals surface area contributed by atoms with Crippen LogP contribution >= 0.6 is 0 Å². The Morgan fingerprint density at radius 2 is 1.68 bits per heavy atom. The van der Waals surface area contributed by atoms with Gasteiger partial charge in [0.05, 0.1) is 5.75 Å². The van der Waals surface area contributed by atoms with Gasteiger partial charge < -0.3 is 11.1 Å². The van der Waals surface area contributed by atoms with Crippen LogP contribution in [0.5, 0.6) is 0 Å². The van der Waals surface area contributed by atoms with Crippen LogP contribution in [-0.2, 0) is 21.2 Å². The SMILES string of the molecule is Cc1cc(N(C)C(N)=O)cc(C)c1CCS(=O)(=O)N1CCC2(CC1)N=C(C1CCCCCCC1)NC2=O. The molecule has 3 amide bonds. The van der Waals surface area contributed by atoms with E-state index in [1.807, 2.05) is 26.0 Å². The van der Waals surface area contributed by atoms with E-state index in [9.17, 15) is 18.0 Å². The number of benzene rings is 1. The zero-order chi connectivity index (χ0) is 26.8. The summed E-state index contributed by atoms with van der Waals surface area (Å²) in [5.74, 6) is 1.08. The highest BCUT2D eigenvalue weighted by Gasteiger charge is 2.48. The van der Waals surface area contributed by atoms with Gasteiger partial charge in [-0.15, -0.1) is 0 Å². The maximum absolute atomic E-state index is 13.2. The third kappa shape index (κ3) is 6.00. The number of amides is 3. The van der Waals surface area contributed by atoms with Gasteiger partial charge in [0.2, 0.25) is 10.0 Å². The van der Waals surface area contributed by atoms with Gasteiger partial charge in [0.1, 0.15) is 11.4 Å². The topological polar surface area (TPSA) is 125 Å². The van der Waals surface area contributed by atoms with Gasteiger partial charge >= 0.3 is 6.03 Å². The first-order valence-corrected chi connectivity index (χ1v) is 15.2. The van der Waals surface area contributed by atoms with E-state index < -0.39 is 21.6 Å². The third-order valence-corrected chi connectivity index (χ3v) is 10.3. The summed E-state index contributed by atoms with van der Waals surface area (Å²) < 4.78 is 28.0. The van der Waals surface area contributed by atoms with Crippen molar-refractivity contribution in [2.75, 3.05) is 30.8 Å². The summed E-state index contributed by atoms with van der Waals surface area (Å²) >= 11 is 0. The number of aliphatic imine (C=N–C) groups is 1. The number of carbonyl (C=O) groups excluding carboxylic acids is 2. The van der Waals surface area contributed by atoms with Crippen LogP contribution in [0.1, 0.15) is 74.5 Å². The molecule has 204 valence electrons. The number of urea groups is 1. The van der Waals surface area contributed by atoms with Gasteiger partial charge in [0.25, 0.3) is 5.91 Å². The van der Waals surface area contributed by atoms with E-state index in [0.717, 1.165) is 35.4 Å². The second kappa shape index (κ2) is 11.1. The van der Waals surface area contributed by atoms with Gasteiger partial charge in [-0.25, -0.2) is 17.5 Å². The maximum atomic E-state index is 13.2. The average molecular weight is 532 g/mol. The molecule has 0 radical (unpaired) electrons. The smallest absolute Gasteiger partial charge is 0.318 e. The summed E-state index contributed by atoms with van der Waals surface area (Å²) in [5, 5.41) is 3.08. The highest BCUT2D eigenvalue weighted by atomic mass is 32.2. The van der Waals surface area contributed by atoms with Crippen LogP contribution in [0.25, 0.3) is 0 Å². The van der Waals surface area contributed by atoms with Gasteiger partial charge in [-0.2, -0.15) is 0 Å². The first-order valence-electron chi connectivity index (χ1n) is 13.5. The number of sulfonamides is 1. The Bertz CT molecular complexity index is 1140. The number of rotatable bonds is 6. The number of hydrogen-bond acceptors (Lipinski definition) is 5. The molecule has 2 heterocycles. The Balaban J connectivity index is 1.39. The molecule has 9 nitrogen and oxygen atoms in total. The van der Waals surface area contributed by atoms with E-state index in [-0.39, 0.29) is 11.7 Å². The molecule has 1 aromatic rings. The van der Waals surface area contributed by atoms with Gasteiger partial charge in [0.15, 0.2) is 0 Å². The molecule has 0 aromatic heterocycles. The normalized spacial score (nSPS) is 21.3. The predicted octanol–water partition coefficient (Wildman–Crippen LogP) is 3.41. The van der Waals surface area contributed by atoms with E-state index in [2.05, 4.69) is 5.32 Å². The zero-order valence-corrected chi connectivity index (χ0v) is 23.2. The lowest BCUT2D eigenvalue weighted by Crippen LogP contribution is -2.51. The number of aryl methyl sites for hydroxylation is 2. The maximum Gasteiger partial charge on any atom is 0.318 e. The zero-order valence-electron chi connectivity index (χ0n) is 22.4. The molecular formula is C27H41N5O4S. The van der Waals surface area contributed by atoms with Crippen molar-refractivity contribution >= 4 is 33.5 Å². The molecule has 1 saturated heterocycles. The number of carbonyl (C=O) groups is 2. The second-order valence-corrected chi connectivity index (χ2v) is 13.0. The molecule has 2 aliphatic heterocycles. The summed E-state index contributed by atoms with van der Waals surface area (Å²) in [6.45, 7) is 4.44. The molecule has 1 aliphatic carbocycles. The molecule has 0 atom stereocenters.